The predicted octanol–water partition coefficient (Wildman–Crippen LogP) is 9.43. The second kappa shape index (κ2) is 22.8. The summed E-state index contributed by atoms with van der Waals surface area (Å²) in [6.45, 7) is 3.48. The van der Waals surface area contributed by atoms with E-state index in [4.69, 9.17) is 0 Å². The quantitative estimate of drug-likeness (QED) is 0.0720. The molecule has 196 valence electrons. The Morgan fingerprint density at radius 1 is 0.576 bits per heavy atom. The van der Waals surface area contributed by atoms with Crippen molar-refractivity contribution in [3.05, 3.63) is 18.7 Å². The fourth-order valence-corrected chi connectivity index (χ4v) is 4.18. The third kappa shape index (κ3) is 29.0. The number of aryl methyl sites for hydroxylation is 2. The highest BCUT2D eigenvalue weighted by Crippen LogP contribution is 2.14. The minimum Gasteiger partial charge on any atom is -0.418 e. The van der Waals surface area contributed by atoms with Crippen molar-refractivity contribution in [1.82, 2.24) is 4.57 Å². The molecule has 0 aromatic carbocycles. The van der Waals surface area contributed by atoms with Crippen LogP contribution in [0, 0.1) is 0 Å². The monoisotopic (exact) mass is 478 g/mol. The Bertz CT molecular complexity index is 515. The fourth-order valence-electron chi connectivity index (χ4n) is 4.18. The van der Waals surface area contributed by atoms with Crippen molar-refractivity contribution >= 4 is 7.25 Å². The van der Waals surface area contributed by atoms with Gasteiger partial charge in [-0.1, -0.05) is 122 Å². The highest BCUT2D eigenvalue weighted by atomic mass is 19.5. The molecule has 0 N–H and O–H groups in total. The number of aromatic nitrogens is 2. The van der Waals surface area contributed by atoms with Gasteiger partial charge < -0.3 is 17.3 Å². The van der Waals surface area contributed by atoms with Crippen LogP contribution in [0.25, 0.3) is 0 Å². The predicted molar refractivity (Wildman–Crippen MR) is 134 cm³/mol. The Morgan fingerprint density at radius 2 is 0.879 bits per heavy atom. The van der Waals surface area contributed by atoms with Gasteiger partial charge in [0.1, 0.15) is 12.4 Å². The van der Waals surface area contributed by atoms with Crippen LogP contribution < -0.4 is 4.57 Å². The molecule has 0 saturated heterocycles. The van der Waals surface area contributed by atoms with Crippen LogP contribution in [0.5, 0.6) is 0 Å². The maximum Gasteiger partial charge on any atom is 0.673 e. The molecule has 1 rings (SSSR count). The Kier molecular flexibility index (Phi) is 22.1. The van der Waals surface area contributed by atoms with Gasteiger partial charge in [0, 0.05) is 0 Å². The first kappa shape index (κ1) is 32.0. The van der Waals surface area contributed by atoms with Crippen LogP contribution in [-0.2, 0) is 13.6 Å². The smallest absolute Gasteiger partial charge is 0.418 e. The van der Waals surface area contributed by atoms with Crippen LogP contribution in [-0.4, -0.2) is 11.8 Å². The molecule has 0 aliphatic rings. The summed E-state index contributed by atoms with van der Waals surface area (Å²) in [5.74, 6) is 0. The number of imidazole rings is 1. The lowest BCUT2D eigenvalue weighted by molar-refractivity contribution is -0.696. The maximum atomic E-state index is 9.75. The van der Waals surface area contributed by atoms with Crippen molar-refractivity contribution in [3.63, 3.8) is 0 Å². The zero-order chi connectivity index (χ0) is 24.6. The highest BCUT2D eigenvalue weighted by molar-refractivity contribution is 6.50. The van der Waals surface area contributed by atoms with Gasteiger partial charge in [-0.2, -0.15) is 0 Å². The van der Waals surface area contributed by atoms with Gasteiger partial charge in [-0.05, 0) is 12.8 Å². The van der Waals surface area contributed by atoms with E-state index >= 15 is 0 Å². The van der Waals surface area contributed by atoms with Crippen molar-refractivity contribution in [2.24, 2.45) is 7.05 Å². The molecule has 1 aromatic rings. The molecule has 1 aromatic heterocycles. The third-order valence-electron chi connectivity index (χ3n) is 6.09. The number of rotatable bonds is 21. The Labute approximate surface area is 201 Å². The van der Waals surface area contributed by atoms with Gasteiger partial charge in [-0.25, -0.2) is 9.13 Å². The van der Waals surface area contributed by atoms with E-state index in [2.05, 4.69) is 41.8 Å². The molecule has 0 atom stereocenters. The molecule has 33 heavy (non-hydrogen) atoms. The van der Waals surface area contributed by atoms with Crippen molar-refractivity contribution in [2.45, 2.75) is 142 Å². The molecule has 1 heterocycles. The zero-order valence-electron chi connectivity index (χ0n) is 21.6. The van der Waals surface area contributed by atoms with Crippen molar-refractivity contribution < 1.29 is 21.8 Å². The van der Waals surface area contributed by atoms with Gasteiger partial charge in [0.2, 0.25) is 6.33 Å². The van der Waals surface area contributed by atoms with Crippen molar-refractivity contribution in [2.75, 3.05) is 0 Å². The first-order chi connectivity index (χ1) is 15.8. The van der Waals surface area contributed by atoms with Crippen molar-refractivity contribution in [1.29, 1.82) is 0 Å². The molecule has 0 fully saturated rings. The van der Waals surface area contributed by atoms with E-state index < -0.39 is 7.25 Å². The average molecular weight is 479 g/mol. The second-order valence-electron chi connectivity index (χ2n) is 9.53. The molecule has 0 aliphatic heterocycles. The summed E-state index contributed by atoms with van der Waals surface area (Å²) in [5, 5.41) is 0. The normalized spacial score (nSPS) is 11.5. The lowest BCUT2D eigenvalue weighted by Crippen LogP contribution is -2.30. The van der Waals surface area contributed by atoms with Crippen LogP contribution in [0.15, 0.2) is 18.7 Å². The van der Waals surface area contributed by atoms with Crippen LogP contribution in [0.4, 0.5) is 17.3 Å². The van der Waals surface area contributed by atoms with Crippen LogP contribution in [0.1, 0.15) is 135 Å². The number of hydrogen-bond acceptors (Lipinski definition) is 0. The number of unbranched alkanes of at least 4 members (excludes halogenated alkanes) is 19. The minimum absolute atomic E-state index is 1.18. The van der Waals surface area contributed by atoms with E-state index in [1.807, 2.05) is 0 Å². The van der Waals surface area contributed by atoms with E-state index in [9.17, 15) is 17.3 Å². The SMILES string of the molecule is CCCCCCCCCCCCCCCCCCCCCC[n+]1ccn(C)c1.F[B-](F)(F)F. The molecule has 0 radical (unpaired) electrons. The fraction of sp³-hybridized carbons (Fsp3) is 0.885. The molecule has 0 saturated carbocycles. The molecule has 7 heteroatoms. The summed E-state index contributed by atoms with van der Waals surface area (Å²) in [6.07, 6.45) is 35.5. The van der Waals surface area contributed by atoms with E-state index in [1.165, 1.54) is 135 Å². The summed E-state index contributed by atoms with van der Waals surface area (Å²) in [6, 6.07) is 0. The lowest BCUT2D eigenvalue weighted by atomic mass is 10.0. The van der Waals surface area contributed by atoms with Crippen molar-refractivity contribution in [3.8, 4) is 0 Å². The molecule has 2 nitrogen and oxygen atoms in total. The third-order valence-corrected chi connectivity index (χ3v) is 6.09. The second-order valence-corrected chi connectivity index (χ2v) is 9.53. The summed E-state index contributed by atoms with van der Waals surface area (Å²) in [7, 11) is -3.91. The Hall–Kier alpha value is -1.01. The number of nitrogens with zero attached hydrogens (tertiary/aromatic N) is 2. The van der Waals surface area contributed by atoms with Crippen LogP contribution >= 0.6 is 0 Å². The van der Waals surface area contributed by atoms with Gasteiger partial charge in [0.15, 0.2) is 0 Å². The average Bonchev–Trinajstić information content (AvgIpc) is 3.16. The maximum absolute atomic E-state index is 9.75. The summed E-state index contributed by atoms with van der Waals surface area (Å²) in [5.41, 5.74) is 0. The van der Waals surface area contributed by atoms with Gasteiger partial charge in [-0.15, -0.1) is 0 Å². The molecule has 0 bridgehead atoms. The van der Waals surface area contributed by atoms with Gasteiger partial charge in [-0.3, -0.25) is 0 Å². The highest BCUT2D eigenvalue weighted by Gasteiger charge is 2.20. The first-order valence-electron chi connectivity index (χ1n) is 13.7. The molecule has 0 aliphatic carbocycles. The van der Waals surface area contributed by atoms with E-state index in [-0.39, 0.29) is 0 Å². The van der Waals surface area contributed by atoms with Gasteiger partial charge >= 0.3 is 7.25 Å². The largest absolute Gasteiger partial charge is 0.673 e. The minimum atomic E-state index is -6.00. The number of hydrogen-bond donors (Lipinski definition) is 0. The van der Waals surface area contributed by atoms with Gasteiger partial charge in [0.05, 0.1) is 13.6 Å². The van der Waals surface area contributed by atoms with Crippen LogP contribution in [0.2, 0.25) is 0 Å². The Morgan fingerprint density at radius 3 is 1.15 bits per heavy atom. The molecule has 0 amide bonds. The summed E-state index contributed by atoms with van der Waals surface area (Å²) in [4.78, 5) is 0. The lowest BCUT2D eigenvalue weighted by Gasteiger charge is -2.04. The molecule has 0 unspecified atom stereocenters. The number of halogens is 4. The molecular formula is C26H51BF4N2. The topological polar surface area (TPSA) is 8.81 Å². The van der Waals surface area contributed by atoms with E-state index in [0.29, 0.717) is 0 Å². The first-order valence-corrected chi connectivity index (χ1v) is 13.7. The summed E-state index contributed by atoms with van der Waals surface area (Å²) < 4.78 is 43.4. The van der Waals surface area contributed by atoms with E-state index in [1.54, 1.807) is 0 Å². The molecule has 0 spiro atoms. The standard InChI is InChI=1S/C26H51N2.BF4/c1-3-4-5-6-7-8-9-10-11-12-13-14-15-16-17-18-19-20-21-22-23-28-25-24-27(2)26-28;2-1(3,4)5/h24-26H,3-23H2,1-2H3;/q+1;-1. The van der Waals surface area contributed by atoms with E-state index in [0.717, 1.165) is 0 Å². The zero-order valence-corrected chi connectivity index (χ0v) is 21.6. The molecular weight excluding hydrogens is 427 g/mol. The van der Waals surface area contributed by atoms with Gasteiger partial charge in [0.25, 0.3) is 0 Å². The Balaban J connectivity index is 0.00000184. The summed E-state index contributed by atoms with van der Waals surface area (Å²) >= 11 is 0. The van der Waals surface area contributed by atoms with Crippen LogP contribution in [0.3, 0.4) is 0 Å².